The quantitative estimate of drug-likeness (QED) is 0.548. The molecular weight excluding hydrogens is 388 g/mol. The highest BCUT2D eigenvalue weighted by Crippen LogP contribution is 2.17. The highest BCUT2D eigenvalue weighted by atomic mass is 16.5. The first-order chi connectivity index (χ1) is 15.2. The van der Waals surface area contributed by atoms with Crippen molar-refractivity contribution in [3.05, 3.63) is 77.7 Å². The summed E-state index contributed by atoms with van der Waals surface area (Å²) in [6.45, 7) is 6.33. The Bertz CT molecular complexity index is 1000. The Labute approximate surface area is 183 Å². The summed E-state index contributed by atoms with van der Waals surface area (Å²) in [6, 6.07) is 18.0. The summed E-state index contributed by atoms with van der Waals surface area (Å²) in [5.41, 5.74) is 3.23. The molecule has 0 unspecified atom stereocenters. The molecule has 3 aromatic rings. The summed E-state index contributed by atoms with van der Waals surface area (Å²) >= 11 is 0. The minimum absolute atomic E-state index is 0.0815. The Hall–Kier alpha value is -3.25. The van der Waals surface area contributed by atoms with Crippen molar-refractivity contribution in [3.8, 4) is 11.4 Å². The van der Waals surface area contributed by atoms with Gasteiger partial charge in [-0.15, -0.1) is 0 Å². The third-order valence-electron chi connectivity index (χ3n) is 5.54. The minimum Gasteiger partial charge on any atom is -0.339 e. The number of piperazine rings is 1. The third-order valence-corrected chi connectivity index (χ3v) is 5.54. The SMILES string of the molecule is Cc1ccc(-c2noc(CCCN3CCN(C(=O)/C=C/c4ccccc4)CC3)n2)cc1. The first-order valence-electron chi connectivity index (χ1n) is 10.8. The topological polar surface area (TPSA) is 62.5 Å². The maximum Gasteiger partial charge on any atom is 0.246 e. The van der Waals surface area contributed by atoms with Crippen molar-refractivity contribution in [2.24, 2.45) is 0 Å². The molecule has 6 heteroatoms. The second-order valence-electron chi connectivity index (χ2n) is 7.89. The van der Waals surface area contributed by atoms with Crippen molar-refractivity contribution in [3.63, 3.8) is 0 Å². The van der Waals surface area contributed by atoms with Gasteiger partial charge in [0.2, 0.25) is 17.6 Å². The molecule has 1 aliphatic rings. The van der Waals surface area contributed by atoms with Gasteiger partial charge in [-0.3, -0.25) is 9.69 Å². The average molecular weight is 417 g/mol. The molecule has 31 heavy (non-hydrogen) atoms. The van der Waals surface area contributed by atoms with Crippen LogP contribution < -0.4 is 0 Å². The summed E-state index contributed by atoms with van der Waals surface area (Å²) in [7, 11) is 0. The molecule has 1 aromatic heterocycles. The van der Waals surface area contributed by atoms with E-state index in [0.717, 1.165) is 56.7 Å². The highest BCUT2D eigenvalue weighted by molar-refractivity contribution is 5.91. The van der Waals surface area contributed by atoms with Gasteiger partial charge in [-0.1, -0.05) is 65.3 Å². The average Bonchev–Trinajstić information content (AvgIpc) is 3.28. The van der Waals surface area contributed by atoms with E-state index < -0.39 is 0 Å². The molecule has 0 atom stereocenters. The van der Waals surface area contributed by atoms with E-state index in [9.17, 15) is 4.79 Å². The number of carbonyl (C=O) groups is 1. The van der Waals surface area contributed by atoms with Crippen LogP contribution in [0.25, 0.3) is 17.5 Å². The number of nitrogens with zero attached hydrogens (tertiary/aromatic N) is 4. The van der Waals surface area contributed by atoms with Crippen LogP contribution in [0.1, 0.15) is 23.4 Å². The number of hydrogen-bond acceptors (Lipinski definition) is 5. The number of aryl methyl sites for hydroxylation is 2. The van der Waals surface area contributed by atoms with Crippen molar-refractivity contribution in [2.75, 3.05) is 32.7 Å². The summed E-state index contributed by atoms with van der Waals surface area (Å²) in [5, 5.41) is 4.10. The Balaban J connectivity index is 1.18. The van der Waals surface area contributed by atoms with E-state index in [-0.39, 0.29) is 5.91 Å². The van der Waals surface area contributed by atoms with Crippen LogP contribution in [0.15, 0.2) is 65.2 Å². The molecule has 6 nitrogen and oxygen atoms in total. The van der Waals surface area contributed by atoms with E-state index in [1.54, 1.807) is 6.08 Å². The van der Waals surface area contributed by atoms with Gasteiger partial charge in [0.1, 0.15) is 0 Å². The molecule has 0 aliphatic carbocycles. The van der Waals surface area contributed by atoms with Gasteiger partial charge in [0.25, 0.3) is 0 Å². The largest absolute Gasteiger partial charge is 0.339 e. The molecule has 4 rings (SSSR count). The van der Waals surface area contributed by atoms with E-state index in [4.69, 9.17) is 4.52 Å². The van der Waals surface area contributed by atoms with Gasteiger partial charge >= 0.3 is 0 Å². The Morgan fingerprint density at radius 2 is 1.77 bits per heavy atom. The van der Waals surface area contributed by atoms with Gasteiger partial charge in [-0.05, 0) is 31.5 Å². The van der Waals surface area contributed by atoms with Gasteiger partial charge in [0.15, 0.2) is 0 Å². The first-order valence-corrected chi connectivity index (χ1v) is 10.8. The minimum atomic E-state index is 0.0815. The summed E-state index contributed by atoms with van der Waals surface area (Å²) in [5.74, 6) is 1.40. The van der Waals surface area contributed by atoms with Crippen molar-refractivity contribution >= 4 is 12.0 Å². The van der Waals surface area contributed by atoms with E-state index in [1.807, 2.05) is 65.6 Å². The number of rotatable bonds is 7. The van der Waals surface area contributed by atoms with Crippen LogP contribution in [0.4, 0.5) is 0 Å². The Morgan fingerprint density at radius 1 is 1.03 bits per heavy atom. The third kappa shape index (κ3) is 5.89. The first kappa shape index (κ1) is 21.0. The van der Waals surface area contributed by atoms with E-state index in [1.165, 1.54) is 5.56 Å². The Morgan fingerprint density at radius 3 is 2.52 bits per heavy atom. The molecule has 0 radical (unpaired) electrons. The maximum atomic E-state index is 12.4. The van der Waals surface area contributed by atoms with Crippen LogP contribution in [0.5, 0.6) is 0 Å². The zero-order chi connectivity index (χ0) is 21.5. The molecule has 1 aliphatic heterocycles. The molecule has 0 spiro atoms. The summed E-state index contributed by atoms with van der Waals surface area (Å²) in [4.78, 5) is 21.2. The fourth-order valence-corrected chi connectivity index (χ4v) is 3.66. The number of benzene rings is 2. The van der Waals surface area contributed by atoms with Crippen LogP contribution in [0, 0.1) is 6.92 Å². The normalized spacial score (nSPS) is 14.9. The van der Waals surface area contributed by atoms with Crippen LogP contribution in [0.3, 0.4) is 0 Å². The van der Waals surface area contributed by atoms with Crippen molar-refractivity contribution in [1.29, 1.82) is 0 Å². The molecular formula is C25H28N4O2. The Kier molecular flexibility index (Phi) is 6.89. The van der Waals surface area contributed by atoms with E-state index in [0.29, 0.717) is 11.7 Å². The van der Waals surface area contributed by atoms with Gasteiger partial charge in [0.05, 0.1) is 0 Å². The van der Waals surface area contributed by atoms with Crippen LogP contribution in [-0.2, 0) is 11.2 Å². The van der Waals surface area contributed by atoms with Crippen LogP contribution in [-0.4, -0.2) is 58.6 Å². The zero-order valence-electron chi connectivity index (χ0n) is 17.9. The van der Waals surface area contributed by atoms with E-state index >= 15 is 0 Å². The predicted octanol–water partition coefficient (Wildman–Crippen LogP) is 3.84. The van der Waals surface area contributed by atoms with E-state index in [2.05, 4.69) is 22.0 Å². The smallest absolute Gasteiger partial charge is 0.246 e. The zero-order valence-corrected chi connectivity index (χ0v) is 17.9. The number of hydrogen-bond donors (Lipinski definition) is 0. The molecule has 1 saturated heterocycles. The predicted molar refractivity (Wildman–Crippen MR) is 121 cm³/mol. The van der Waals surface area contributed by atoms with Crippen molar-refractivity contribution in [2.45, 2.75) is 19.8 Å². The fraction of sp³-hybridized carbons (Fsp3) is 0.320. The van der Waals surface area contributed by atoms with Crippen LogP contribution in [0.2, 0.25) is 0 Å². The second-order valence-corrected chi connectivity index (χ2v) is 7.89. The molecule has 0 saturated carbocycles. The monoisotopic (exact) mass is 416 g/mol. The van der Waals surface area contributed by atoms with Crippen molar-refractivity contribution in [1.82, 2.24) is 19.9 Å². The fourth-order valence-electron chi connectivity index (χ4n) is 3.66. The maximum absolute atomic E-state index is 12.4. The molecule has 2 heterocycles. The molecule has 2 aromatic carbocycles. The van der Waals surface area contributed by atoms with Gasteiger partial charge in [-0.2, -0.15) is 4.98 Å². The van der Waals surface area contributed by atoms with Gasteiger partial charge < -0.3 is 9.42 Å². The molecule has 1 amide bonds. The van der Waals surface area contributed by atoms with Gasteiger partial charge in [-0.25, -0.2) is 0 Å². The standard InChI is InChI=1S/C25H28N4O2/c1-20-9-12-22(13-10-20)25-26-23(31-27-25)8-5-15-28-16-18-29(19-17-28)24(30)14-11-21-6-3-2-4-7-21/h2-4,6-7,9-14H,5,8,15-19H2,1H3/b14-11+. The van der Waals surface area contributed by atoms with Crippen molar-refractivity contribution < 1.29 is 9.32 Å². The summed E-state index contributed by atoms with van der Waals surface area (Å²) in [6.07, 6.45) is 5.27. The second kappa shape index (κ2) is 10.2. The van der Waals surface area contributed by atoms with Crippen LogP contribution >= 0.6 is 0 Å². The lowest BCUT2D eigenvalue weighted by Crippen LogP contribution is -2.48. The summed E-state index contributed by atoms with van der Waals surface area (Å²) < 4.78 is 5.41. The number of amides is 1. The molecule has 0 N–H and O–H groups in total. The molecule has 1 fully saturated rings. The number of aromatic nitrogens is 2. The lowest BCUT2D eigenvalue weighted by molar-refractivity contribution is -0.127. The lowest BCUT2D eigenvalue weighted by Gasteiger charge is -2.34. The molecule has 0 bridgehead atoms. The molecule has 160 valence electrons. The van der Waals surface area contributed by atoms with Gasteiger partial charge in [0, 0.05) is 44.2 Å². The lowest BCUT2D eigenvalue weighted by atomic mass is 10.1. The number of carbonyl (C=O) groups excluding carboxylic acids is 1. The highest BCUT2D eigenvalue weighted by Gasteiger charge is 2.19.